The van der Waals surface area contributed by atoms with Crippen molar-refractivity contribution in [1.29, 1.82) is 0 Å². The number of carbonyl (C=O) groups excluding carboxylic acids is 3. The van der Waals surface area contributed by atoms with Gasteiger partial charge >= 0.3 is 12.0 Å². The summed E-state index contributed by atoms with van der Waals surface area (Å²) in [5.74, 6) is -1.58. The first-order chi connectivity index (χ1) is 13.9. The van der Waals surface area contributed by atoms with Gasteiger partial charge in [-0.1, -0.05) is 42.5 Å². The molecule has 0 radical (unpaired) electrons. The number of amides is 3. The van der Waals surface area contributed by atoms with Gasteiger partial charge in [0.25, 0.3) is 5.91 Å². The van der Waals surface area contributed by atoms with Crippen molar-refractivity contribution in [2.24, 2.45) is 5.73 Å². The summed E-state index contributed by atoms with van der Waals surface area (Å²) >= 11 is 0. The number of benzene rings is 2. The molecule has 0 unspecified atom stereocenters. The maximum Gasteiger partial charge on any atom is 0.329 e. The fourth-order valence-electron chi connectivity index (χ4n) is 2.77. The fourth-order valence-corrected chi connectivity index (χ4v) is 2.77. The zero-order chi connectivity index (χ0) is 21.2. The third-order valence-corrected chi connectivity index (χ3v) is 4.22. The molecule has 0 fully saturated rings. The summed E-state index contributed by atoms with van der Waals surface area (Å²) in [4.78, 5) is 37.5. The van der Waals surface area contributed by atoms with Gasteiger partial charge in [0.05, 0.1) is 0 Å². The molecular formula is C21H24FN3O4. The van der Waals surface area contributed by atoms with Gasteiger partial charge < -0.3 is 20.7 Å². The van der Waals surface area contributed by atoms with Crippen LogP contribution >= 0.6 is 0 Å². The monoisotopic (exact) mass is 401 g/mol. The van der Waals surface area contributed by atoms with E-state index in [9.17, 15) is 18.8 Å². The summed E-state index contributed by atoms with van der Waals surface area (Å²) in [6.45, 7) is 1.83. The highest BCUT2D eigenvalue weighted by molar-refractivity contribution is 5.85. The van der Waals surface area contributed by atoms with Crippen molar-refractivity contribution in [1.82, 2.24) is 10.2 Å². The maximum absolute atomic E-state index is 13.3. The van der Waals surface area contributed by atoms with Crippen molar-refractivity contribution in [3.63, 3.8) is 0 Å². The van der Waals surface area contributed by atoms with E-state index >= 15 is 0 Å². The van der Waals surface area contributed by atoms with Crippen molar-refractivity contribution in [2.75, 3.05) is 13.2 Å². The molecule has 3 N–H and O–H groups in total. The third kappa shape index (κ3) is 7.25. The first kappa shape index (κ1) is 21.9. The minimum absolute atomic E-state index is 0.178. The smallest absolute Gasteiger partial charge is 0.329 e. The molecular weight excluding hydrogens is 377 g/mol. The number of primary amides is 1. The highest BCUT2D eigenvalue weighted by atomic mass is 19.1. The minimum Gasteiger partial charge on any atom is -0.454 e. The lowest BCUT2D eigenvalue weighted by atomic mass is 10.1. The summed E-state index contributed by atoms with van der Waals surface area (Å²) in [6, 6.07) is 13.1. The van der Waals surface area contributed by atoms with Gasteiger partial charge in [-0.3, -0.25) is 4.79 Å². The van der Waals surface area contributed by atoms with E-state index in [-0.39, 0.29) is 13.0 Å². The highest BCUT2D eigenvalue weighted by Crippen LogP contribution is 2.09. The Bertz CT molecular complexity index is 845. The SMILES string of the molecule is CCN(Cc1cccc(F)c1)C(=O)COC(=O)[C@H](Cc1ccccc1)NC(N)=O. The number of likely N-dealkylation sites (N-methyl/N-ethyl adjacent to an activating group) is 1. The highest BCUT2D eigenvalue weighted by Gasteiger charge is 2.24. The van der Waals surface area contributed by atoms with Crippen molar-refractivity contribution >= 4 is 17.9 Å². The van der Waals surface area contributed by atoms with Crippen LogP contribution in [0.4, 0.5) is 9.18 Å². The van der Waals surface area contributed by atoms with Crippen LogP contribution in [0, 0.1) is 5.82 Å². The largest absolute Gasteiger partial charge is 0.454 e. The number of nitrogens with zero attached hydrogens (tertiary/aromatic N) is 1. The molecule has 1 atom stereocenters. The number of halogens is 1. The van der Waals surface area contributed by atoms with Gasteiger partial charge in [-0.15, -0.1) is 0 Å². The Balaban J connectivity index is 1.95. The van der Waals surface area contributed by atoms with E-state index in [2.05, 4.69) is 5.32 Å². The molecule has 0 aliphatic rings. The molecule has 2 aromatic carbocycles. The normalized spacial score (nSPS) is 11.4. The molecule has 154 valence electrons. The van der Waals surface area contributed by atoms with Crippen LogP contribution in [-0.2, 0) is 27.3 Å². The number of esters is 1. The van der Waals surface area contributed by atoms with E-state index in [1.54, 1.807) is 43.3 Å². The van der Waals surface area contributed by atoms with E-state index in [1.807, 2.05) is 6.07 Å². The molecule has 0 heterocycles. The van der Waals surface area contributed by atoms with Crippen molar-refractivity contribution < 1.29 is 23.5 Å². The molecule has 3 amide bonds. The first-order valence-electron chi connectivity index (χ1n) is 9.17. The van der Waals surface area contributed by atoms with Crippen LogP contribution in [-0.4, -0.2) is 42.0 Å². The van der Waals surface area contributed by atoms with Crippen LogP contribution in [0.15, 0.2) is 54.6 Å². The van der Waals surface area contributed by atoms with Gasteiger partial charge in [0.1, 0.15) is 11.9 Å². The number of hydrogen-bond acceptors (Lipinski definition) is 4. The molecule has 0 saturated heterocycles. The second-order valence-electron chi connectivity index (χ2n) is 6.40. The van der Waals surface area contributed by atoms with Gasteiger partial charge in [-0.25, -0.2) is 14.0 Å². The van der Waals surface area contributed by atoms with Crippen LogP contribution in [0.3, 0.4) is 0 Å². The Morgan fingerprint density at radius 2 is 1.79 bits per heavy atom. The molecule has 0 aromatic heterocycles. The van der Waals surface area contributed by atoms with E-state index in [0.29, 0.717) is 12.1 Å². The lowest BCUT2D eigenvalue weighted by molar-refractivity contribution is -0.153. The first-order valence-corrected chi connectivity index (χ1v) is 9.17. The Labute approximate surface area is 168 Å². The van der Waals surface area contributed by atoms with Crippen LogP contribution in [0.5, 0.6) is 0 Å². The second kappa shape index (κ2) is 10.8. The van der Waals surface area contributed by atoms with E-state index in [4.69, 9.17) is 10.5 Å². The summed E-state index contributed by atoms with van der Waals surface area (Å²) in [6.07, 6.45) is 0.178. The molecule has 0 bridgehead atoms. The van der Waals surface area contributed by atoms with Crippen LogP contribution < -0.4 is 11.1 Å². The molecule has 0 aliphatic carbocycles. The number of nitrogens with one attached hydrogen (secondary N) is 1. The number of rotatable bonds is 9. The van der Waals surface area contributed by atoms with E-state index in [1.165, 1.54) is 17.0 Å². The lowest BCUT2D eigenvalue weighted by Gasteiger charge is -2.22. The Kier molecular flexibility index (Phi) is 8.14. The maximum atomic E-state index is 13.3. The number of carbonyl (C=O) groups is 3. The summed E-state index contributed by atoms with van der Waals surface area (Å²) in [7, 11) is 0. The van der Waals surface area contributed by atoms with Crippen molar-refractivity contribution in [3.05, 3.63) is 71.5 Å². The quantitative estimate of drug-likeness (QED) is 0.628. The van der Waals surface area contributed by atoms with Gasteiger partial charge in [0, 0.05) is 19.5 Å². The minimum atomic E-state index is -1.01. The summed E-state index contributed by atoms with van der Waals surface area (Å²) < 4.78 is 18.4. The molecule has 0 saturated carbocycles. The lowest BCUT2D eigenvalue weighted by Crippen LogP contribution is -2.46. The predicted octanol–water partition coefficient (Wildman–Crippen LogP) is 2.00. The zero-order valence-electron chi connectivity index (χ0n) is 16.1. The Hall–Kier alpha value is -3.42. The average Bonchev–Trinajstić information content (AvgIpc) is 2.70. The predicted molar refractivity (Wildman–Crippen MR) is 105 cm³/mol. The number of hydrogen-bond donors (Lipinski definition) is 2. The van der Waals surface area contributed by atoms with E-state index < -0.39 is 36.4 Å². The van der Waals surface area contributed by atoms with Gasteiger partial charge in [-0.2, -0.15) is 0 Å². The molecule has 0 spiro atoms. The molecule has 29 heavy (non-hydrogen) atoms. The number of nitrogens with two attached hydrogens (primary N) is 1. The average molecular weight is 401 g/mol. The topological polar surface area (TPSA) is 102 Å². The molecule has 7 nitrogen and oxygen atoms in total. The fraction of sp³-hybridized carbons (Fsp3) is 0.286. The van der Waals surface area contributed by atoms with Crippen LogP contribution in [0.1, 0.15) is 18.1 Å². The Morgan fingerprint density at radius 3 is 2.41 bits per heavy atom. The molecule has 8 heteroatoms. The number of urea groups is 1. The van der Waals surface area contributed by atoms with Gasteiger partial charge in [-0.05, 0) is 30.2 Å². The molecule has 2 rings (SSSR count). The second-order valence-corrected chi connectivity index (χ2v) is 6.40. The van der Waals surface area contributed by atoms with Crippen molar-refractivity contribution in [2.45, 2.75) is 25.9 Å². The number of ether oxygens (including phenoxy) is 1. The molecule has 0 aliphatic heterocycles. The summed E-state index contributed by atoms with van der Waals surface area (Å²) in [5, 5.41) is 2.34. The van der Waals surface area contributed by atoms with Gasteiger partial charge in [0.2, 0.25) is 0 Å². The standard InChI is InChI=1S/C21H24FN3O4/c1-2-25(13-16-9-6-10-17(22)11-16)19(26)14-29-20(27)18(24-21(23)28)12-15-7-4-3-5-8-15/h3-11,18H,2,12-14H2,1H3,(H3,23,24,28)/t18-/m0/s1. The molecule has 2 aromatic rings. The van der Waals surface area contributed by atoms with E-state index in [0.717, 1.165) is 5.56 Å². The van der Waals surface area contributed by atoms with Crippen LogP contribution in [0.25, 0.3) is 0 Å². The van der Waals surface area contributed by atoms with Crippen molar-refractivity contribution in [3.8, 4) is 0 Å². The van der Waals surface area contributed by atoms with Gasteiger partial charge in [0.15, 0.2) is 6.61 Å². The van der Waals surface area contributed by atoms with Crippen LogP contribution in [0.2, 0.25) is 0 Å². The third-order valence-electron chi connectivity index (χ3n) is 4.22. The summed E-state index contributed by atoms with van der Waals surface area (Å²) in [5.41, 5.74) is 6.58. The zero-order valence-corrected chi connectivity index (χ0v) is 16.1. The Morgan fingerprint density at radius 1 is 1.10 bits per heavy atom.